The summed E-state index contributed by atoms with van der Waals surface area (Å²) in [7, 11) is 1.71. The molecule has 0 fully saturated rings. The smallest absolute Gasteiger partial charge is 0.222 e. The Balaban J connectivity index is 2.95. The SMILES string of the molecule is CCCCC(CCOC)c1c(C)nc(N)nc1N. The summed E-state index contributed by atoms with van der Waals surface area (Å²) in [6, 6.07) is 0. The Bertz CT molecular complexity index is 350. The van der Waals surface area contributed by atoms with E-state index < -0.39 is 0 Å². The molecule has 102 valence electrons. The van der Waals surface area contributed by atoms with Gasteiger partial charge in [0, 0.05) is 25.0 Å². The van der Waals surface area contributed by atoms with Gasteiger partial charge in [-0.15, -0.1) is 0 Å². The van der Waals surface area contributed by atoms with Gasteiger partial charge in [0.15, 0.2) is 0 Å². The van der Waals surface area contributed by atoms with Gasteiger partial charge in [-0.2, -0.15) is 4.98 Å². The Morgan fingerprint density at radius 3 is 2.50 bits per heavy atom. The maximum Gasteiger partial charge on any atom is 0.222 e. The van der Waals surface area contributed by atoms with E-state index in [-0.39, 0.29) is 5.95 Å². The highest BCUT2D eigenvalue weighted by Crippen LogP contribution is 2.31. The van der Waals surface area contributed by atoms with E-state index in [1.807, 2.05) is 6.92 Å². The lowest BCUT2D eigenvalue weighted by atomic mass is 9.90. The molecule has 0 amide bonds. The summed E-state index contributed by atoms with van der Waals surface area (Å²) in [4.78, 5) is 8.29. The van der Waals surface area contributed by atoms with E-state index in [1.165, 1.54) is 0 Å². The third kappa shape index (κ3) is 3.84. The van der Waals surface area contributed by atoms with Crippen molar-refractivity contribution < 1.29 is 4.74 Å². The van der Waals surface area contributed by atoms with Crippen molar-refractivity contribution in [2.45, 2.75) is 45.4 Å². The second-order valence-electron chi connectivity index (χ2n) is 4.59. The molecular formula is C13H24N4O. The second-order valence-corrected chi connectivity index (χ2v) is 4.59. The van der Waals surface area contributed by atoms with E-state index in [2.05, 4.69) is 16.9 Å². The van der Waals surface area contributed by atoms with Crippen molar-refractivity contribution in [2.75, 3.05) is 25.2 Å². The van der Waals surface area contributed by atoms with Crippen molar-refractivity contribution in [1.82, 2.24) is 9.97 Å². The molecule has 0 aliphatic rings. The van der Waals surface area contributed by atoms with Crippen LogP contribution in [0.4, 0.5) is 11.8 Å². The molecule has 4 N–H and O–H groups in total. The number of nitrogen functional groups attached to an aromatic ring is 2. The van der Waals surface area contributed by atoms with Crippen LogP contribution in [0.2, 0.25) is 0 Å². The summed E-state index contributed by atoms with van der Waals surface area (Å²) < 4.78 is 5.17. The predicted octanol–water partition coefficient (Wildman–Crippen LogP) is 2.26. The molecule has 0 saturated carbocycles. The number of hydrogen-bond donors (Lipinski definition) is 2. The minimum absolute atomic E-state index is 0.245. The molecule has 1 aromatic rings. The van der Waals surface area contributed by atoms with E-state index >= 15 is 0 Å². The first-order valence-electron chi connectivity index (χ1n) is 6.48. The first-order chi connectivity index (χ1) is 8.60. The minimum atomic E-state index is 0.245. The van der Waals surface area contributed by atoms with Crippen LogP contribution in [-0.4, -0.2) is 23.7 Å². The van der Waals surface area contributed by atoms with E-state index in [4.69, 9.17) is 16.2 Å². The lowest BCUT2D eigenvalue weighted by Crippen LogP contribution is -2.12. The molecule has 5 heteroatoms. The molecular weight excluding hydrogens is 228 g/mol. The first kappa shape index (κ1) is 14.7. The van der Waals surface area contributed by atoms with E-state index in [0.29, 0.717) is 11.7 Å². The lowest BCUT2D eigenvalue weighted by Gasteiger charge is -2.20. The second kappa shape index (κ2) is 7.16. The van der Waals surface area contributed by atoms with E-state index in [0.717, 1.165) is 43.5 Å². The quantitative estimate of drug-likeness (QED) is 0.777. The molecule has 1 rings (SSSR count). The van der Waals surface area contributed by atoms with Gasteiger partial charge in [0.2, 0.25) is 5.95 Å². The molecule has 0 radical (unpaired) electrons. The molecule has 5 nitrogen and oxygen atoms in total. The summed E-state index contributed by atoms with van der Waals surface area (Å²) >= 11 is 0. The molecule has 0 saturated heterocycles. The highest BCUT2D eigenvalue weighted by atomic mass is 16.5. The van der Waals surface area contributed by atoms with Crippen molar-refractivity contribution in [3.05, 3.63) is 11.3 Å². The Morgan fingerprint density at radius 2 is 1.94 bits per heavy atom. The molecule has 18 heavy (non-hydrogen) atoms. The van der Waals surface area contributed by atoms with Gasteiger partial charge in [0.05, 0.1) is 0 Å². The van der Waals surface area contributed by atoms with Crippen LogP contribution >= 0.6 is 0 Å². The number of nitrogens with two attached hydrogens (primary N) is 2. The molecule has 1 atom stereocenters. The molecule has 0 aliphatic carbocycles. The standard InChI is InChI=1S/C13H24N4O/c1-4-5-6-10(7-8-18-3)11-9(2)16-13(15)17-12(11)14/h10H,4-8H2,1-3H3,(H4,14,15,16,17). The fourth-order valence-corrected chi connectivity index (χ4v) is 2.27. The number of methoxy groups -OCH3 is 1. The normalized spacial score (nSPS) is 12.6. The third-order valence-electron chi connectivity index (χ3n) is 3.17. The molecule has 1 heterocycles. The molecule has 0 aromatic carbocycles. The van der Waals surface area contributed by atoms with Gasteiger partial charge in [-0.3, -0.25) is 0 Å². The molecule has 1 aromatic heterocycles. The Labute approximate surface area is 109 Å². The minimum Gasteiger partial charge on any atom is -0.385 e. The van der Waals surface area contributed by atoms with Crippen molar-refractivity contribution in [3.8, 4) is 0 Å². The maximum absolute atomic E-state index is 5.99. The summed E-state index contributed by atoms with van der Waals surface area (Å²) in [6.07, 6.45) is 4.35. The Kier molecular flexibility index (Phi) is 5.85. The topological polar surface area (TPSA) is 87.0 Å². The zero-order valence-electron chi connectivity index (χ0n) is 11.6. The zero-order chi connectivity index (χ0) is 13.5. The third-order valence-corrected chi connectivity index (χ3v) is 3.17. The van der Waals surface area contributed by atoms with Gasteiger partial charge >= 0.3 is 0 Å². The van der Waals surface area contributed by atoms with Crippen LogP contribution in [0.1, 0.15) is 49.8 Å². The number of rotatable bonds is 7. The van der Waals surface area contributed by atoms with Gasteiger partial charge < -0.3 is 16.2 Å². The maximum atomic E-state index is 5.99. The number of ether oxygens (including phenoxy) is 1. The van der Waals surface area contributed by atoms with Crippen molar-refractivity contribution in [2.24, 2.45) is 0 Å². The molecule has 0 bridgehead atoms. The van der Waals surface area contributed by atoms with Gasteiger partial charge in [-0.1, -0.05) is 19.8 Å². The molecule has 1 unspecified atom stereocenters. The van der Waals surface area contributed by atoms with Crippen LogP contribution in [0.5, 0.6) is 0 Å². The van der Waals surface area contributed by atoms with Crippen LogP contribution in [0.15, 0.2) is 0 Å². The molecule has 0 aliphatic heterocycles. The zero-order valence-corrected chi connectivity index (χ0v) is 11.6. The largest absolute Gasteiger partial charge is 0.385 e. The van der Waals surface area contributed by atoms with Crippen molar-refractivity contribution >= 4 is 11.8 Å². The molecule has 0 spiro atoms. The average Bonchev–Trinajstić information content (AvgIpc) is 2.30. The van der Waals surface area contributed by atoms with Crippen LogP contribution in [-0.2, 0) is 4.74 Å². The number of anilines is 2. The van der Waals surface area contributed by atoms with Crippen molar-refractivity contribution in [1.29, 1.82) is 0 Å². The Hall–Kier alpha value is -1.36. The highest BCUT2D eigenvalue weighted by molar-refractivity contribution is 5.47. The van der Waals surface area contributed by atoms with Crippen LogP contribution in [0.3, 0.4) is 0 Å². The monoisotopic (exact) mass is 252 g/mol. The first-order valence-corrected chi connectivity index (χ1v) is 6.48. The van der Waals surface area contributed by atoms with Crippen molar-refractivity contribution in [3.63, 3.8) is 0 Å². The van der Waals surface area contributed by atoms with Gasteiger partial charge in [0.25, 0.3) is 0 Å². The van der Waals surface area contributed by atoms with Gasteiger partial charge in [-0.25, -0.2) is 4.98 Å². The van der Waals surface area contributed by atoms with E-state index in [9.17, 15) is 0 Å². The van der Waals surface area contributed by atoms with Crippen LogP contribution in [0, 0.1) is 6.92 Å². The summed E-state index contributed by atoms with van der Waals surface area (Å²) in [6.45, 7) is 4.84. The predicted molar refractivity (Wildman–Crippen MR) is 74.4 cm³/mol. The van der Waals surface area contributed by atoms with Gasteiger partial charge in [-0.05, 0) is 25.7 Å². The number of nitrogens with zero attached hydrogens (tertiary/aromatic N) is 2. The van der Waals surface area contributed by atoms with Crippen LogP contribution in [0.25, 0.3) is 0 Å². The average molecular weight is 252 g/mol. The summed E-state index contributed by atoms with van der Waals surface area (Å²) in [5.74, 6) is 1.11. The number of unbranched alkanes of at least 4 members (excludes halogenated alkanes) is 1. The lowest BCUT2D eigenvalue weighted by molar-refractivity contribution is 0.186. The highest BCUT2D eigenvalue weighted by Gasteiger charge is 2.18. The number of hydrogen-bond acceptors (Lipinski definition) is 5. The summed E-state index contributed by atoms with van der Waals surface area (Å²) in [5, 5.41) is 0. The summed E-state index contributed by atoms with van der Waals surface area (Å²) in [5.41, 5.74) is 13.5. The van der Waals surface area contributed by atoms with E-state index in [1.54, 1.807) is 7.11 Å². The number of aryl methyl sites for hydroxylation is 1. The fraction of sp³-hybridized carbons (Fsp3) is 0.692. The Morgan fingerprint density at radius 1 is 1.22 bits per heavy atom. The van der Waals surface area contributed by atoms with Gasteiger partial charge in [0.1, 0.15) is 5.82 Å². The van der Waals surface area contributed by atoms with Crippen LogP contribution < -0.4 is 11.5 Å². The number of aromatic nitrogens is 2. The fourth-order valence-electron chi connectivity index (χ4n) is 2.27.